The summed E-state index contributed by atoms with van der Waals surface area (Å²) in [4.78, 5) is 25.1. The lowest BCUT2D eigenvalue weighted by Gasteiger charge is -2.25. The molecule has 0 N–H and O–H groups in total. The van der Waals surface area contributed by atoms with Crippen molar-refractivity contribution in [2.45, 2.75) is 79.2 Å². The summed E-state index contributed by atoms with van der Waals surface area (Å²) in [7, 11) is -5.97. The first-order chi connectivity index (χ1) is 12.4. The van der Waals surface area contributed by atoms with Crippen LogP contribution in [0.2, 0.25) is 58.9 Å². The van der Waals surface area contributed by atoms with E-state index in [1.807, 2.05) is 46.2 Å². The zero-order valence-electron chi connectivity index (χ0n) is 19.4. The first-order valence-electron chi connectivity index (χ1n) is 9.62. The maximum atomic E-state index is 12.6. The zero-order valence-corrected chi connectivity index (χ0v) is 22.4. The van der Waals surface area contributed by atoms with Gasteiger partial charge in [0.1, 0.15) is 5.76 Å². The molecule has 0 bridgehead atoms. The second kappa shape index (κ2) is 10.4. The Bertz CT molecular complexity index is 619. The van der Waals surface area contributed by atoms with Gasteiger partial charge in [-0.05, 0) is 72.8 Å². The van der Waals surface area contributed by atoms with Crippen LogP contribution >= 0.6 is 0 Å². The van der Waals surface area contributed by atoms with Gasteiger partial charge >= 0.3 is 5.97 Å². The molecule has 0 rings (SSSR count). The summed E-state index contributed by atoms with van der Waals surface area (Å²) in [5.74, 6) is -0.0370. The van der Waals surface area contributed by atoms with Crippen molar-refractivity contribution in [2.75, 3.05) is 6.61 Å². The van der Waals surface area contributed by atoms with Gasteiger partial charge in [-0.1, -0.05) is 0 Å². The van der Waals surface area contributed by atoms with Gasteiger partial charge in [-0.3, -0.25) is 4.79 Å². The lowest BCUT2D eigenvalue weighted by Crippen LogP contribution is -2.31. The van der Waals surface area contributed by atoms with Gasteiger partial charge in [0.25, 0.3) is 5.97 Å². The minimum absolute atomic E-state index is 0.172. The maximum Gasteiger partial charge on any atom is 0.338 e. The molecule has 0 aromatic heterocycles. The van der Waals surface area contributed by atoms with E-state index in [9.17, 15) is 9.59 Å². The highest BCUT2D eigenvalue weighted by atomic mass is 28.4. The minimum Gasteiger partial charge on any atom is -0.547 e. The summed E-state index contributed by atoms with van der Waals surface area (Å²) in [6, 6.07) is 0. The molecule has 0 aliphatic rings. The van der Waals surface area contributed by atoms with Crippen LogP contribution in [0.25, 0.3) is 0 Å². The third-order valence-corrected chi connectivity index (χ3v) is 5.38. The van der Waals surface area contributed by atoms with Crippen LogP contribution in [-0.4, -0.2) is 43.5 Å². The van der Waals surface area contributed by atoms with Crippen molar-refractivity contribution < 1.29 is 27.6 Å². The number of carbonyl (C=O) groups excluding carboxylic acids is 2. The first-order valence-corrected chi connectivity index (χ1v) is 19.8. The van der Waals surface area contributed by atoms with E-state index in [2.05, 4.69) is 19.6 Å². The molecule has 0 aromatic rings. The molecule has 162 valence electrons. The normalized spacial score (nSPS) is 14.2. The number of hydrogen-bond acceptors (Lipinski definition) is 6. The molecule has 0 atom stereocenters. The van der Waals surface area contributed by atoms with E-state index in [0.29, 0.717) is 11.5 Å². The monoisotopic (exact) mass is 446 g/mol. The molecule has 0 spiro atoms. The summed E-state index contributed by atoms with van der Waals surface area (Å²) in [6.07, 6.45) is 1.50. The van der Waals surface area contributed by atoms with Crippen LogP contribution in [0, 0.1) is 0 Å². The van der Waals surface area contributed by atoms with Crippen LogP contribution in [0.5, 0.6) is 0 Å². The zero-order chi connectivity index (χ0) is 22.3. The molecule has 28 heavy (non-hydrogen) atoms. The fourth-order valence-corrected chi connectivity index (χ4v) is 4.83. The number of esters is 1. The van der Waals surface area contributed by atoms with Gasteiger partial charge in [-0.15, -0.1) is 0 Å². The van der Waals surface area contributed by atoms with Gasteiger partial charge in [0.05, 0.1) is 24.4 Å². The Kier molecular flexibility index (Phi) is 9.95. The minimum atomic E-state index is -2.08. The molecule has 9 heteroatoms. The largest absolute Gasteiger partial charge is 0.547 e. The Morgan fingerprint density at radius 2 is 1.25 bits per heavy atom. The second-order valence-electron chi connectivity index (χ2n) is 9.51. The third-order valence-electron chi connectivity index (χ3n) is 2.78. The highest BCUT2D eigenvalue weighted by Crippen LogP contribution is 2.23. The van der Waals surface area contributed by atoms with Gasteiger partial charge < -0.3 is 18.0 Å². The predicted molar refractivity (Wildman–Crippen MR) is 120 cm³/mol. The highest BCUT2D eigenvalue weighted by molar-refractivity contribution is 6.71. The van der Waals surface area contributed by atoms with Gasteiger partial charge in [-0.25, -0.2) is 4.79 Å². The fourth-order valence-electron chi connectivity index (χ4n) is 2.21. The Hall–Kier alpha value is -1.33. The highest BCUT2D eigenvalue weighted by Gasteiger charge is 2.28. The molecule has 0 saturated heterocycles. The molecule has 0 saturated carbocycles. The molecule has 0 aliphatic carbocycles. The van der Waals surface area contributed by atoms with Crippen molar-refractivity contribution in [3.8, 4) is 0 Å². The lowest BCUT2D eigenvalue weighted by molar-refractivity contribution is -0.142. The molecule has 0 unspecified atom stereocenters. The van der Waals surface area contributed by atoms with Crippen molar-refractivity contribution in [1.29, 1.82) is 0 Å². The molecule has 0 aliphatic heterocycles. The van der Waals surface area contributed by atoms with Crippen molar-refractivity contribution >= 4 is 36.9 Å². The standard InChI is InChI=1S/C19H38O6Si3/c1-12-22-19(21)16(14-18(20)25-28(9,10)11)17(24-27(6,7)8)13-15(2)23-26(3,4)5/h13H,12,14H2,1-11H3/b15-13+,17-16+. The van der Waals surface area contributed by atoms with Crippen LogP contribution in [0.1, 0.15) is 20.3 Å². The van der Waals surface area contributed by atoms with E-state index in [4.69, 9.17) is 18.0 Å². The summed E-state index contributed by atoms with van der Waals surface area (Å²) >= 11 is 0. The summed E-state index contributed by atoms with van der Waals surface area (Å²) in [6.45, 7) is 21.8. The van der Waals surface area contributed by atoms with Crippen molar-refractivity contribution in [3.63, 3.8) is 0 Å². The van der Waals surface area contributed by atoms with Gasteiger partial charge in [0.15, 0.2) is 0 Å². The summed E-state index contributed by atoms with van der Waals surface area (Å²) in [5.41, 5.74) is 0.172. The maximum absolute atomic E-state index is 12.6. The van der Waals surface area contributed by atoms with Gasteiger partial charge in [-0.2, -0.15) is 0 Å². The van der Waals surface area contributed by atoms with E-state index in [1.54, 1.807) is 13.0 Å². The van der Waals surface area contributed by atoms with Gasteiger partial charge in [0.2, 0.25) is 25.0 Å². The molecular weight excluding hydrogens is 408 g/mol. The van der Waals surface area contributed by atoms with E-state index >= 15 is 0 Å². The van der Waals surface area contributed by atoms with Crippen molar-refractivity contribution in [3.05, 3.63) is 23.2 Å². The molecule has 6 nitrogen and oxygen atoms in total. The van der Waals surface area contributed by atoms with Crippen LogP contribution in [0.3, 0.4) is 0 Å². The van der Waals surface area contributed by atoms with Crippen molar-refractivity contribution in [1.82, 2.24) is 0 Å². The molecule has 0 radical (unpaired) electrons. The van der Waals surface area contributed by atoms with Crippen LogP contribution in [-0.2, 0) is 27.6 Å². The smallest absolute Gasteiger partial charge is 0.338 e. The average molecular weight is 447 g/mol. The number of allylic oxidation sites excluding steroid dienone is 2. The number of ether oxygens (including phenoxy) is 1. The van der Waals surface area contributed by atoms with E-state index in [0.717, 1.165) is 0 Å². The number of rotatable bonds is 10. The lowest BCUT2D eigenvalue weighted by atomic mass is 10.1. The van der Waals surface area contributed by atoms with E-state index < -0.39 is 36.9 Å². The Morgan fingerprint density at radius 3 is 1.64 bits per heavy atom. The third kappa shape index (κ3) is 13.0. The first kappa shape index (κ1) is 26.7. The average Bonchev–Trinajstić information content (AvgIpc) is 2.38. The van der Waals surface area contributed by atoms with Gasteiger partial charge in [0, 0.05) is 6.08 Å². The second-order valence-corrected chi connectivity index (χ2v) is 22.8. The Morgan fingerprint density at radius 1 is 0.786 bits per heavy atom. The molecule has 0 aromatic carbocycles. The molecule has 0 fully saturated rings. The predicted octanol–water partition coefficient (Wildman–Crippen LogP) is 5.18. The van der Waals surface area contributed by atoms with E-state index in [-0.39, 0.29) is 18.6 Å². The number of carbonyl (C=O) groups is 2. The Labute approximate surface area is 173 Å². The summed E-state index contributed by atoms with van der Waals surface area (Å²) in [5, 5.41) is 0. The number of hydrogen-bond donors (Lipinski definition) is 0. The topological polar surface area (TPSA) is 71.1 Å². The van der Waals surface area contributed by atoms with Crippen LogP contribution < -0.4 is 0 Å². The van der Waals surface area contributed by atoms with Crippen molar-refractivity contribution in [2.24, 2.45) is 0 Å². The quantitative estimate of drug-likeness (QED) is 0.151. The van der Waals surface area contributed by atoms with E-state index in [1.165, 1.54) is 0 Å². The molecule has 0 amide bonds. The summed E-state index contributed by atoms with van der Waals surface area (Å²) < 4.78 is 22.9. The fraction of sp³-hybridized carbons (Fsp3) is 0.684. The van der Waals surface area contributed by atoms with Crippen LogP contribution in [0.15, 0.2) is 23.2 Å². The SMILES string of the molecule is CCOC(=O)/C(CC(=O)O[Si](C)(C)C)=C(\C=C(/C)O[Si](C)(C)C)O[Si](C)(C)C. The van der Waals surface area contributed by atoms with Crippen LogP contribution in [0.4, 0.5) is 0 Å². The molecule has 0 heterocycles. The Balaban J connectivity index is 6.19. The molecular formula is C19H38O6Si3.